The van der Waals surface area contributed by atoms with Crippen molar-refractivity contribution in [2.24, 2.45) is 0 Å². The van der Waals surface area contributed by atoms with Crippen molar-refractivity contribution in [2.75, 3.05) is 0 Å². The predicted molar refractivity (Wildman–Crippen MR) is 89.9 cm³/mol. The molecule has 2 unspecified atom stereocenters. The second-order valence-electron chi connectivity index (χ2n) is 2.49. The molecule has 0 bridgehead atoms. The maximum Gasteiger partial charge on any atom is 0.192 e. The summed E-state index contributed by atoms with van der Waals surface area (Å²) in [5.74, 6) is 0.958. The molecule has 1 nitrogen and oxygen atoms in total. The van der Waals surface area contributed by atoms with Crippen molar-refractivity contribution in [3.63, 3.8) is 0 Å². The summed E-state index contributed by atoms with van der Waals surface area (Å²) < 4.78 is 7.74. The summed E-state index contributed by atoms with van der Waals surface area (Å²) in [5, 5.41) is 2.40. The van der Waals surface area contributed by atoms with Crippen molar-refractivity contribution in [1.82, 2.24) is 0 Å². The monoisotopic (exact) mass is 550 g/mol. The Bertz CT molecular complexity index is 325. The molecule has 0 fully saturated rings. The van der Waals surface area contributed by atoms with Gasteiger partial charge in [0.1, 0.15) is 0 Å². The zero-order valence-corrected chi connectivity index (χ0v) is 15.5. The quantitative estimate of drug-likeness (QED) is 0.387. The molecule has 1 aromatic carbocycles. The van der Waals surface area contributed by atoms with Gasteiger partial charge in [-0.3, -0.25) is 0 Å². The van der Waals surface area contributed by atoms with E-state index in [0.29, 0.717) is 0 Å². The minimum absolute atomic E-state index is 0.958. The Morgan fingerprint density at radius 3 is 2.08 bits per heavy atom. The highest BCUT2D eigenvalue weighted by molar-refractivity contribution is 14.1. The largest absolute Gasteiger partial charge is 0.426 e. The first kappa shape index (κ1) is 13.1. The van der Waals surface area contributed by atoms with E-state index >= 15 is 0 Å². The summed E-state index contributed by atoms with van der Waals surface area (Å²) in [6.45, 7) is 2.10. The van der Waals surface area contributed by atoms with Crippen molar-refractivity contribution in [3.05, 3.63) is 12.7 Å². The second kappa shape index (κ2) is 5.41. The second-order valence-corrected chi connectivity index (χ2v) is 6.24. The molecule has 0 amide bonds. The van der Waals surface area contributed by atoms with Crippen LogP contribution in [0.2, 0.25) is 0 Å². The van der Waals surface area contributed by atoms with Crippen LogP contribution in [0, 0.1) is 14.1 Å². The SMILES string of the molecule is Cc1c(P)c(I)c(I)c(OI)c1P. The third-order valence-corrected chi connectivity index (χ3v) is 7.38. The molecule has 6 heteroatoms. The molecule has 1 aromatic rings. The number of rotatable bonds is 1. The van der Waals surface area contributed by atoms with Crippen LogP contribution < -0.4 is 13.7 Å². The fourth-order valence-electron chi connectivity index (χ4n) is 0.892. The average molecular weight is 550 g/mol. The van der Waals surface area contributed by atoms with Crippen LogP contribution in [0.5, 0.6) is 5.75 Å². The van der Waals surface area contributed by atoms with Crippen LogP contribution in [-0.2, 0) is 0 Å². The van der Waals surface area contributed by atoms with Gasteiger partial charge in [-0.15, -0.1) is 18.5 Å². The first-order chi connectivity index (χ1) is 6.00. The molecule has 0 aliphatic carbocycles. The number of hydrogen-bond donors (Lipinski definition) is 0. The van der Waals surface area contributed by atoms with Gasteiger partial charge in [0, 0.05) is 8.87 Å². The van der Waals surface area contributed by atoms with E-state index in [0.717, 1.165) is 11.1 Å². The third kappa shape index (κ3) is 2.60. The highest BCUT2D eigenvalue weighted by Gasteiger charge is 2.15. The van der Waals surface area contributed by atoms with Crippen LogP contribution in [0.1, 0.15) is 5.56 Å². The molecule has 13 heavy (non-hydrogen) atoms. The zero-order valence-electron chi connectivity index (χ0n) is 6.70. The maximum atomic E-state index is 5.32. The zero-order chi connectivity index (χ0) is 10.2. The Hall–Kier alpha value is 2.07. The van der Waals surface area contributed by atoms with Crippen molar-refractivity contribution in [1.29, 1.82) is 0 Å². The highest BCUT2D eigenvalue weighted by atomic mass is 127. The molecule has 0 saturated heterocycles. The van der Waals surface area contributed by atoms with Gasteiger partial charge in [-0.05, 0) is 63.0 Å². The smallest absolute Gasteiger partial charge is 0.192 e. The van der Waals surface area contributed by atoms with E-state index in [1.165, 1.54) is 18.0 Å². The normalized spacial score (nSPS) is 10.3. The Morgan fingerprint density at radius 1 is 1.08 bits per heavy atom. The van der Waals surface area contributed by atoms with Crippen LogP contribution in [0.3, 0.4) is 0 Å². The lowest BCUT2D eigenvalue weighted by Crippen LogP contribution is -2.16. The molecule has 0 spiro atoms. The number of benzene rings is 1. The van der Waals surface area contributed by atoms with E-state index in [4.69, 9.17) is 3.07 Å². The molecule has 0 radical (unpaired) electrons. The number of halogens is 3. The van der Waals surface area contributed by atoms with E-state index in [-0.39, 0.29) is 0 Å². The Balaban J connectivity index is 3.56. The fourth-order valence-corrected chi connectivity index (χ4v) is 4.76. The van der Waals surface area contributed by atoms with Crippen molar-refractivity contribution in [3.8, 4) is 5.75 Å². The van der Waals surface area contributed by atoms with E-state index in [9.17, 15) is 0 Å². The molecule has 0 N–H and O–H groups in total. The lowest BCUT2D eigenvalue weighted by molar-refractivity contribution is 0.716. The molecular weight excluding hydrogens is 543 g/mol. The van der Waals surface area contributed by atoms with Crippen LogP contribution in [0.25, 0.3) is 0 Å². The Kier molecular flexibility index (Phi) is 5.47. The maximum absolute atomic E-state index is 5.32. The Labute approximate surface area is 124 Å². The molecule has 2 atom stereocenters. The average Bonchev–Trinajstić information content (AvgIpc) is 2.13. The van der Waals surface area contributed by atoms with Gasteiger partial charge in [0.25, 0.3) is 0 Å². The van der Waals surface area contributed by atoms with E-state index in [2.05, 4.69) is 70.6 Å². The van der Waals surface area contributed by atoms with Crippen molar-refractivity contribution in [2.45, 2.75) is 6.92 Å². The van der Waals surface area contributed by atoms with Gasteiger partial charge < -0.3 is 3.07 Å². The van der Waals surface area contributed by atoms with Crippen LogP contribution in [0.15, 0.2) is 0 Å². The summed E-state index contributed by atoms with van der Waals surface area (Å²) in [5.41, 5.74) is 1.26. The van der Waals surface area contributed by atoms with E-state index in [1.54, 1.807) is 0 Å². The van der Waals surface area contributed by atoms with Gasteiger partial charge in [-0.2, -0.15) is 0 Å². The summed E-state index contributed by atoms with van der Waals surface area (Å²) in [4.78, 5) is 0. The molecule has 0 aliphatic heterocycles. The standard InChI is InChI=1S/C7H7I3OP2/c1-2-6(12)4(9)3(8)5(11-10)7(2)13/h12-13H2,1H3. The summed E-state index contributed by atoms with van der Waals surface area (Å²) in [6, 6.07) is 0. The summed E-state index contributed by atoms with van der Waals surface area (Å²) >= 11 is 6.57. The lowest BCUT2D eigenvalue weighted by atomic mass is 10.2. The minimum atomic E-state index is 0.958. The minimum Gasteiger partial charge on any atom is -0.426 e. The van der Waals surface area contributed by atoms with Crippen molar-refractivity contribution < 1.29 is 3.07 Å². The summed E-state index contributed by atoms with van der Waals surface area (Å²) in [6.07, 6.45) is 0. The summed E-state index contributed by atoms with van der Waals surface area (Å²) in [7, 11) is 5.50. The third-order valence-electron chi connectivity index (χ3n) is 1.76. The molecule has 0 aliphatic rings. The molecule has 0 saturated carbocycles. The van der Waals surface area contributed by atoms with Crippen LogP contribution >= 0.6 is 86.7 Å². The number of hydrogen-bond acceptors (Lipinski definition) is 1. The van der Waals surface area contributed by atoms with Gasteiger partial charge >= 0.3 is 0 Å². The molecule has 1 rings (SSSR count). The molecule has 72 valence electrons. The van der Waals surface area contributed by atoms with Crippen LogP contribution in [0.4, 0.5) is 0 Å². The fraction of sp³-hybridized carbons (Fsp3) is 0.143. The highest BCUT2D eigenvalue weighted by Crippen LogP contribution is 2.28. The van der Waals surface area contributed by atoms with Gasteiger partial charge in [-0.25, -0.2) is 0 Å². The van der Waals surface area contributed by atoms with Gasteiger partial charge in [-0.1, -0.05) is 0 Å². The van der Waals surface area contributed by atoms with Gasteiger partial charge in [0.15, 0.2) is 28.8 Å². The molecular formula is C7H7I3OP2. The van der Waals surface area contributed by atoms with Gasteiger partial charge in [0.05, 0.1) is 3.57 Å². The Morgan fingerprint density at radius 2 is 1.62 bits per heavy atom. The molecule has 0 aromatic heterocycles. The topological polar surface area (TPSA) is 9.23 Å². The van der Waals surface area contributed by atoms with E-state index in [1.807, 2.05) is 23.0 Å². The van der Waals surface area contributed by atoms with E-state index < -0.39 is 0 Å². The molecule has 0 heterocycles. The lowest BCUT2D eigenvalue weighted by Gasteiger charge is -2.13. The first-order valence-electron chi connectivity index (χ1n) is 3.31. The first-order valence-corrected chi connectivity index (χ1v) is 7.51. The van der Waals surface area contributed by atoms with Gasteiger partial charge in [0.2, 0.25) is 0 Å². The predicted octanol–water partition coefficient (Wildman–Crippen LogP) is 2.93. The van der Waals surface area contributed by atoms with Crippen LogP contribution in [-0.4, -0.2) is 0 Å². The van der Waals surface area contributed by atoms with Crippen molar-refractivity contribution >= 4 is 97.3 Å².